The first-order chi connectivity index (χ1) is 25.5. The monoisotopic (exact) mass is 703 g/mol. The van der Waals surface area contributed by atoms with Crippen LogP contribution in [0.5, 0.6) is 11.5 Å². The molecular weight excluding hydrogens is 650 g/mol. The topological polar surface area (TPSA) is 72.5 Å². The molecule has 1 saturated heterocycles. The van der Waals surface area contributed by atoms with E-state index in [1.54, 1.807) is 7.11 Å². The number of carbonyl (C=O) groups is 1. The minimum absolute atomic E-state index is 0.0742. The molecule has 52 heavy (non-hydrogen) atoms. The highest BCUT2D eigenvalue weighted by molar-refractivity contribution is 6.07. The predicted octanol–water partition coefficient (Wildman–Crippen LogP) is 8.60. The lowest BCUT2D eigenvalue weighted by molar-refractivity contribution is -0.112. The van der Waals surface area contributed by atoms with Crippen LogP contribution in [0.15, 0.2) is 96.6 Å². The summed E-state index contributed by atoms with van der Waals surface area (Å²) in [5.41, 5.74) is 8.24. The molecule has 0 unspecified atom stereocenters. The maximum absolute atomic E-state index is 13.8. The number of ether oxygens (including phenoxy) is 4. The zero-order valence-corrected chi connectivity index (χ0v) is 30.9. The second-order valence-electron chi connectivity index (χ2n) is 13.7. The Morgan fingerprint density at radius 1 is 0.865 bits per heavy atom. The molecule has 0 bridgehead atoms. The predicted molar refractivity (Wildman–Crippen MR) is 210 cm³/mol. The molecule has 0 saturated carbocycles. The average Bonchev–Trinajstić information content (AvgIpc) is 3.37. The summed E-state index contributed by atoms with van der Waals surface area (Å²) < 4.78 is 22.5. The number of hydrogen-bond donors (Lipinski definition) is 1. The van der Waals surface area contributed by atoms with Crippen molar-refractivity contribution in [2.24, 2.45) is 0 Å². The van der Waals surface area contributed by atoms with Gasteiger partial charge in [0.05, 0.1) is 13.7 Å². The van der Waals surface area contributed by atoms with Gasteiger partial charge in [0.15, 0.2) is 0 Å². The average molecular weight is 704 g/mol. The summed E-state index contributed by atoms with van der Waals surface area (Å²) in [5, 5.41) is 3.18. The summed E-state index contributed by atoms with van der Waals surface area (Å²) in [5.74, 6) is 1.58. The van der Waals surface area contributed by atoms with E-state index in [4.69, 9.17) is 18.9 Å². The van der Waals surface area contributed by atoms with Crippen LogP contribution in [0.1, 0.15) is 55.7 Å². The van der Waals surface area contributed by atoms with Gasteiger partial charge in [-0.2, -0.15) is 0 Å². The van der Waals surface area contributed by atoms with Gasteiger partial charge in [-0.25, -0.2) is 0 Å². The van der Waals surface area contributed by atoms with Crippen molar-refractivity contribution in [3.05, 3.63) is 113 Å². The van der Waals surface area contributed by atoms with E-state index >= 15 is 0 Å². The molecule has 4 aromatic carbocycles. The second-order valence-corrected chi connectivity index (χ2v) is 13.7. The quantitative estimate of drug-likeness (QED) is 0.117. The number of unbranched alkanes of at least 4 members (excludes halogenated alkanes) is 1. The number of nitrogens with zero attached hydrogens (tertiary/aromatic N) is 2. The van der Waals surface area contributed by atoms with Crippen LogP contribution < -0.4 is 19.7 Å². The Kier molecular flexibility index (Phi) is 13.4. The number of fused-ring (bicyclic) bond motifs is 1. The molecule has 8 nitrogen and oxygen atoms in total. The second kappa shape index (κ2) is 18.7. The Morgan fingerprint density at radius 2 is 1.58 bits per heavy atom. The highest BCUT2D eigenvalue weighted by atomic mass is 16.5. The lowest BCUT2D eigenvalue weighted by atomic mass is 10.00. The van der Waals surface area contributed by atoms with Gasteiger partial charge in [0, 0.05) is 62.4 Å². The molecule has 1 N–H and O–H groups in total. The number of methoxy groups -OCH3 is 1. The van der Waals surface area contributed by atoms with Crippen LogP contribution >= 0.6 is 0 Å². The summed E-state index contributed by atoms with van der Waals surface area (Å²) in [4.78, 5) is 18.6. The Morgan fingerprint density at radius 3 is 2.31 bits per heavy atom. The van der Waals surface area contributed by atoms with Crippen LogP contribution in [0, 0.1) is 0 Å². The molecule has 1 fully saturated rings. The van der Waals surface area contributed by atoms with Gasteiger partial charge < -0.3 is 29.2 Å². The summed E-state index contributed by atoms with van der Waals surface area (Å²) in [6.07, 6.45) is 7.01. The van der Waals surface area contributed by atoms with E-state index < -0.39 is 0 Å². The highest BCUT2D eigenvalue weighted by Crippen LogP contribution is 2.34. The molecule has 6 rings (SSSR count). The largest absolute Gasteiger partial charge is 0.497 e. The van der Waals surface area contributed by atoms with E-state index in [-0.39, 0.29) is 5.91 Å². The summed E-state index contributed by atoms with van der Waals surface area (Å²) in [7, 11) is 3.87. The third-order valence-corrected chi connectivity index (χ3v) is 9.96. The van der Waals surface area contributed by atoms with Gasteiger partial charge in [-0.15, -0.1) is 0 Å². The molecule has 1 amide bonds. The van der Waals surface area contributed by atoms with Crippen LogP contribution in [0.25, 0.3) is 17.2 Å². The van der Waals surface area contributed by atoms with Crippen LogP contribution in [-0.2, 0) is 27.4 Å². The van der Waals surface area contributed by atoms with E-state index in [1.807, 2.05) is 36.4 Å². The standard InChI is InChI=1S/C44H53N3O5/c1-4-5-24-50-27-28-52-42-17-10-35(11-18-42)36-12-19-43-38(29-36)30-37(20-23-47(43)32-34-8-15-41(49-3)16-9-34)44(48)45-39-13-6-33(7-14-39)31-46(2)40-21-25-51-26-22-40/h6-19,29-30,40H,4-5,20-28,31-32H2,1-3H3,(H,45,48). The summed E-state index contributed by atoms with van der Waals surface area (Å²) in [6.45, 7) is 8.01. The fraction of sp³-hybridized carbons (Fsp3) is 0.386. The van der Waals surface area contributed by atoms with Crippen LogP contribution in [0.3, 0.4) is 0 Å². The molecule has 4 aromatic rings. The minimum Gasteiger partial charge on any atom is -0.497 e. The molecular formula is C44H53N3O5. The first kappa shape index (κ1) is 37.1. The number of benzene rings is 4. The zero-order valence-electron chi connectivity index (χ0n) is 30.9. The molecule has 0 atom stereocenters. The first-order valence-corrected chi connectivity index (χ1v) is 18.7. The highest BCUT2D eigenvalue weighted by Gasteiger charge is 2.22. The lowest BCUT2D eigenvalue weighted by Crippen LogP contribution is -2.36. The number of anilines is 2. The Labute approximate surface area is 309 Å². The van der Waals surface area contributed by atoms with Crippen molar-refractivity contribution in [2.75, 3.05) is 64.0 Å². The molecule has 2 aliphatic heterocycles. The van der Waals surface area contributed by atoms with Gasteiger partial charge in [-0.05, 0) is 115 Å². The van der Waals surface area contributed by atoms with Gasteiger partial charge in [-0.1, -0.05) is 55.8 Å². The molecule has 0 aromatic heterocycles. The zero-order chi connectivity index (χ0) is 36.1. The van der Waals surface area contributed by atoms with E-state index in [9.17, 15) is 4.79 Å². The van der Waals surface area contributed by atoms with Crippen molar-refractivity contribution < 1.29 is 23.7 Å². The number of rotatable bonds is 16. The molecule has 0 radical (unpaired) electrons. The van der Waals surface area contributed by atoms with Crippen molar-refractivity contribution in [1.29, 1.82) is 0 Å². The maximum atomic E-state index is 13.8. The van der Waals surface area contributed by atoms with Crippen LogP contribution in [-0.4, -0.2) is 70.6 Å². The van der Waals surface area contributed by atoms with Crippen molar-refractivity contribution in [3.63, 3.8) is 0 Å². The maximum Gasteiger partial charge on any atom is 0.251 e. The molecule has 2 heterocycles. The van der Waals surface area contributed by atoms with Gasteiger partial charge >= 0.3 is 0 Å². The van der Waals surface area contributed by atoms with Crippen LogP contribution in [0.2, 0.25) is 0 Å². The molecule has 0 spiro atoms. The van der Waals surface area contributed by atoms with Gasteiger partial charge in [0.1, 0.15) is 18.1 Å². The Balaban J connectivity index is 1.17. The number of nitrogens with one attached hydrogen (secondary N) is 1. The van der Waals surface area contributed by atoms with Gasteiger partial charge in [-0.3, -0.25) is 9.69 Å². The summed E-state index contributed by atoms with van der Waals surface area (Å²) in [6, 6.07) is 31.7. The smallest absolute Gasteiger partial charge is 0.251 e. The number of carbonyl (C=O) groups excluding carboxylic acids is 1. The van der Waals surface area contributed by atoms with E-state index in [1.165, 1.54) is 11.1 Å². The summed E-state index contributed by atoms with van der Waals surface area (Å²) >= 11 is 0. The van der Waals surface area contributed by atoms with Crippen molar-refractivity contribution in [3.8, 4) is 22.6 Å². The normalized spacial score (nSPS) is 14.8. The van der Waals surface area contributed by atoms with Crippen LogP contribution in [0.4, 0.5) is 11.4 Å². The van der Waals surface area contributed by atoms with Crippen molar-refractivity contribution >= 4 is 23.4 Å². The third-order valence-electron chi connectivity index (χ3n) is 9.96. The third kappa shape index (κ3) is 10.2. The van der Waals surface area contributed by atoms with E-state index in [0.717, 1.165) is 104 Å². The number of amides is 1. The van der Waals surface area contributed by atoms with E-state index in [0.29, 0.717) is 32.2 Å². The fourth-order valence-corrected chi connectivity index (χ4v) is 6.83. The molecule has 2 aliphatic rings. The van der Waals surface area contributed by atoms with Gasteiger partial charge in [0.25, 0.3) is 5.91 Å². The lowest BCUT2D eigenvalue weighted by Gasteiger charge is -2.31. The Hall–Kier alpha value is -4.63. The number of hydrogen-bond acceptors (Lipinski definition) is 7. The molecule has 0 aliphatic carbocycles. The SMILES string of the molecule is CCCCOCCOc1ccc(-c2ccc3c(c2)C=C(C(=O)Nc2ccc(CN(C)C4CCOCC4)cc2)CCN3Cc2ccc(OC)cc2)cc1. The first-order valence-electron chi connectivity index (χ1n) is 18.7. The molecule has 8 heteroatoms. The minimum atomic E-state index is -0.0742. The fourth-order valence-electron chi connectivity index (χ4n) is 6.83. The van der Waals surface area contributed by atoms with Crippen molar-refractivity contribution in [1.82, 2.24) is 4.90 Å². The van der Waals surface area contributed by atoms with Crippen molar-refractivity contribution in [2.45, 2.75) is 58.2 Å². The van der Waals surface area contributed by atoms with Gasteiger partial charge in [0.2, 0.25) is 0 Å². The Bertz CT molecular complexity index is 1750. The van der Waals surface area contributed by atoms with E-state index in [2.05, 4.69) is 89.8 Å². The molecule has 274 valence electrons.